The van der Waals surface area contributed by atoms with Gasteiger partial charge in [-0.05, 0) is 30.2 Å². The van der Waals surface area contributed by atoms with E-state index in [2.05, 4.69) is 10.1 Å². The van der Waals surface area contributed by atoms with Crippen molar-refractivity contribution in [2.45, 2.75) is 13.5 Å². The van der Waals surface area contributed by atoms with E-state index in [9.17, 15) is 0 Å². The van der Waals surface area contributed by atoms with Gasteiger partial charge in [-0.2, -0.15) is 0 Å². The molecule has 0 saturated carbocycles. The highest BCUT2D eigenvalue weighted by Gasteiger charge is 2.16. The van der Waals surface area contributed by atoms with Crippen LogP contribution in [0, 0.1) is 6.92 Å². The molecular weight excluding hydrogens is 288 g/mol. The zero-order valence-electron chi connectivity index (χ0n) is 11.9. The lowest BCUT2D eigenvalue weighted by molar-refractivity contribution is 0.318. The molecule has 0 aliphatic carbocycles. The lowest BCUT2D eigenvalue weighted by Gasteiger charge is -2.22. The number of halogens is 1. The standard InChI is InChI=1S/C15H17ClN4O/c1-10-7-8-18-15(13(10)14(17)19-21)20(2)9-11-5-3-4-6-12(11)16/h3-8,21H,9H2,1-2H3,(H2,17,19). The van der Waals surface area contributed by atoms with E-state index < -0.39 is 0 Å². The van der Waals surface area contributed by atoms with Crippen molar-refractivity contribution in [1.82, 2.24) is 4.98 Å². The van der Waals surface area contributed by atoms with Crippen molar-refractivity contribution in [1.29, 1.82) is 0 Å². The van der Waals surface area contributed by atoms with E-state index in [1.165, 1.54) is 0 Å². The van der Waals surface area contributed by atoms with Crippen molar-refractivity contribution in [3.8, 4) is 0 Å². The maximum absolute atomic E-state index is 8.95. The van der Waals surface area contributed by atoms with Crippen LogP contribution in [0.3, 0.4) is 0 Å². The fourth-order valence-corrected chi connectivity index (χ4v) is 2.35. The summed E-state index contributed by atoms with van der Waals surface area (Å²) in [5.74, 6) is 0.687. The van der Waals surface area contributed by atoms with Crippen molar-refractivity contribution in [3.05, 3.63) is 58.2 Å². The third-order valence-corrected chi connectivity index (χ3v) is 3.60. The molecule has 0 unspecified atom stereocenters. The van der Waals surface area contributed by atoms with Crippen LogP contribution in [0.1, 0.15) is 16.7 Å². The van der Waals surface area contributed by atoms with Crippen LogP contribution in [0.15, 0.2) is 41.7 Å². The highest BCUT2D eigenvalue weighted by atomic mass is 35.5. The first-order valence-electron chi connectivity index (χ1n) is 6.42. The summed E-state index contributed by atoms with van der Waals surface area (Å²) in [5, 5.41) is 12.7. The van der Waals surface area contributed by atoms with Gasteiger partial charge in [0.05, 0.1) is 5.56 Å². The molecule has 1 heterocycles. The summed E-state index contributed by atoms with van der Waals surface area (Å²) in [4.78, 5) is 6.26. The van der Waals surface area contributed by atoms with E-state index >= 15 is 0 Å². The third kappa shape index (κ3) is 3.25. The quantitative estimate of drug-likeness (QED) is 0.394. The van der Waals surface area contributed by atoms with Gasteiger partial charge in [0, 0.05) is 24.8 Å². The summed E-state index contributed by atoms with van der Waals surface area (Å²) < 4.78 is 0. The predicted octanol–water partition coefficient (Wildman–Crippen LogP) is 2.77. The lowest BCUT2D eigenvalue weighted by Crippen LogP contribution is -2.24. The molecule has 0 aliphatic heterocycles. The second-order valence-electron chi connectivity index (χ2n) is 4.76. The first kappa shape index (κ1) is 15.1. The molecule has 6 heteroatoms. The monoisotopic (exact) mass is 304 g/mol. The number of benzene rings is 1. The summed E-state index contributed by atoms with van der Waals surface area (Å²) in [6, 6.07) is 9.44. The molecule has 110 valence electrons. The Balaban J connectivity index is 2.38. The van der Waals surface area contributed by atoms with Gasteiger partial charge < -0.3 is 15.8 Å². The molecular formula is C15H17ClN4O. The molecule has 0 amide bonds. The third-order valence-electron chi connectivity index (χ3n) is 3.23. The molecule has 0 saturated heterocycles. The van der Waals surface area contributed by atoms with Crippen LogP contribution in [-0.4, -0.2) is 23.1 Å². The predicted molar refractivity (Wildman–Crippen MR) is 85.0 cm³/mol. The normalized spacial score (nSPS) is 11.5. The molecule has 5 nitrogen and oxygen atoms in total. The largest absolute Gasteiger partial charge is 0.409 e. The fourth-order valence-electron chi connectivity index (χ4n) is 2.16. The van der Waals surface area contributed by atoms with Gasteiger partial charge in [-0.15, -0.1) is 0 Å². The molecule has 1 aromatic carbocycles. The van der Waals surface area contributed by atoms with E-state index in [-0.39, 0.29) is 5.84 Å². The minimum atomic E-state index is 0.0432. The van der Waals surface area contributed by atoms with Crippen LogP contribution < -0.4 is 10.6 Å². The lowest BCUT2D eigenvalue weighted by atomic mass is 10.1. The molecule has 2 rings (SSSR count). The number of rotatable bonds is 4. The Hall–Kier alpha value is -2.27. The smallest absolute Gasteiger partial charge is 0.174 e. The molecule has 2 aromatic rings. The highest BCUT2D eigenvalue weighted by Crippen LogP contribution is 2.23. The molecule has 1 aromatic heterocycles. The number of amidine groups is 1. The SMILES string of the molecule is Cc1ccnc(N(C)Cc2ccccc2Cl)c1/C(N)=N/O. The van der Waals surface area contributed by atoms with E-state index in [0.717, 1.165) is 11.1 Å². The zero-order valence-corrected chi connectivity index (χ0v) is 12.7. The number of pyridine rings is 1. The van der Waals surface area contributed by atoms with E-state index in [1.54, 1.807) is 6.20 Å². The molecule has 3 N–H and O–H groups in total. The Kier molecular flexibility index (Phi) is 4.65. The fraction of sp³-hybridized carbons (Fsp3) is 0.200. The van der Waals surface area contributed by atoms with Crippen LogP contribution in [0.2, 0.25) is 5.02 Å². The number of aromatic nitrogens is 1. The number of nitrogens with zero attached hydrogens (tertiary/aromatic N) is 3. The second-order valence-corrected chi connectivity index (χ2v) is 5.17. The van der Waals surface area contributed by atoms with Gasteiger partial charge in [0.1, 0.15) is 5.82 Å². The van der Waals surface area contributed by atoms with Crippen molar-refractivity contribution >= 4 is 23.3 Å². The molecule has 0 aliphatic rings. The highest BCUT2D eigenvalue weighted by molar-refractivity contribution is 6.31. The maximum Gasteiger partial charge on any atom is 0.174 e. The Morgan fingerprint density at radius 2 is 2.10 bits per heavy atom. The summed E-state index contributed by atoms with van der Waals surface area (Å²) in [7, 11) is 1.89. The topological polar surface area (TPSA) is 74.7 Å². The number of aryl methyl sites for hydroxylation is 1. The minimum Gasteiger partial charge on any atom is -0.409 e. The average Bonchev–Trinajstić information content (AvgIpc) is 2.48. The summed E-state index contributed by atoms with van der Waals surface area (Å²) in [6.07, 6.45) is 1.70. The molecule has 21 heavy (non-hydrogen) atoms. The maximum atomic E-state index is 8.95. The first-order chi connectivity index (χ1) is 10.0. The van der Waals surface area contributed by atoms with Crippen LogP contribution in [0.5, 0.6) is 0 Å². The van der Waals surface area contributed by atoms with Gasteiger partial charge in [0.25, 0.3) is 0 Å². The van der Waals surface area contributed by atoms with Gasteiger partial charge in [0.2, 0.25) is 0 Å². The average molecular weight is 305 g/mol. The van der Waals surface area contributed by atoms with Crippen LogP contribution in [-0.2, 0) is 6.54 Å². The Bertz CT molecular complexity index is 672. The molecule has 0 radical (unpaired) electrons. The van der Waals surface area contributed by atoms with Crippen molar-refractivity contribution in [2.24, 2.45) is 10.9 Å². The van der Waals surface area contributed by atoms with Gasteiger partial charge in [-0.1, -0.05) is 35.0 Å². The van der Waals surface area contributed by atoms with Crippen LogP contribution in [0.4, 0.5) is 5.82 Å². The molecule has 0 atom stereocenters. The van der Waals surface area contributed by atoms with Crippen LogP contribution in [0.25, 0.3) is 0 Å². The second kappa shape index (κ2) is 6.45. The molecule has 0 fully saturated rings. The van der Waals surface area contributed by atoms with Crippen molar-refractivity contribution < 1.29 is 5.21 Å². The summed E-state index contributed by atoms with van der Waals surface area (Å²) >= 11 is 6.18. The number of anilines is 1. The Morgan fingerprint density at radius 1 is 1.38 bits per heavy atom. The van der Waals surface area contributed by atoms with Crippen molar-refractivity contribution in [3.63, 3.8) is 0 Å². The van der Waals surface area contributed by atoms with Gasteiger partial charge >= 0.3 is 0 Å². The zero-order chi connectivity index (χ0) is 15.4. The van der Waals surface area contributed by atoms with Gasteiger partial charge in [-0.3, -0.25) is 0 Å². The number of nitrogens with two attached hydrogens (primary N) is 1. The first-order valence-corrected chi connectivity index (χ1v) is 6.80. The van der Waals surface area contributed by atoms with E-state index in [1.807, 2.05) is 49.2 Å². The number of hydrogen-bond donors (Lipinski definition) is 2. The van der Waals surface area contributed by atoms with E-state index in [4.69, 9.17) is 22.5 Å². The van der Waals surface area contributed by atoms with E-state index in [0.29, 0.717) is 22.9 Å². The number of hydrogen-bond acceptors (Lipinski definition) is 4. The van der Waals surface area contributed by atoms with Crippen LogP contribution >= 0.6 is 11.6 Å². The summed E-state index contributed by atoms with van der Waals surface area (Å²) in [6.45, 7) is 2.46. The summed E-state index contributed by atoms with van der Waals surface area (Å²) in [5.41, 5.74) is 8.26. The Morgan fingerprint density at radius 3 is 2.76 bits per heavy atom. The Labute approximate surface area is 128 Å². The molecule has 0 spiro atoms. The molecule has 0 bridgehead atoms. The minimum absolute atomic E-state index is 0.0432. The van der Waals surface area contributed by atoms with Gasteiger partial charge in [-0.25, -0.2) is 4.98 Å². The number of oxime groups is 1. The van der Waals surface area contributed by atoms with Gasteiger partial charge in [0.15, 0.2) is 5.84 Å². The van der Waals surface area contributed by atoms with Crippen molar-refractivity contribution in [2.75, 3.05) is 11.9 Å².